The Morgan fingerprint density at radius 1 is 1.36 bits per heavy atom. The number of hydrogen-bond acceptors (Lipinski definition) is 4. The van der Waals surface area contributed by atoms with E-state index in [4.69, 9.17) is 11.5 Å². The fourth-order valence-corrected chi connectivity index (χ4v) is 1.94. The van der Waals surface area contributed by atoms with Crippen molar-refractivity contribution in [3.8, 4) is 10.6 Å². The first kappa shape index (κ1) is 9.02. The summed E-state index contributed by atoms with van der Waals surface area (Å²) < 4.78 is 0. The third-order valence-corrected chi connectivity index (χ3v) is 2.95. The van der Waals surface area contributed by atoms with Crippen LogP contribution in [-0.2, 0) is 0 Å². The average Bonchev–Trinajstić information content (AvgIpc) is 2.66. The molecule has 2 rings (SSSR count). The van der Waals surface area contributed by atoms with Crippen molar-refractivity contribution in [2.45, 2.75) is 6.92 Å². The van der Waals surface area contributed by atoms with Crippen LogP contribution in [0.5, 0.6) is 0 Å². The number of hydrogen-bond donors (Lipinski definition) is 2. The highest BCUT2D eigenvalue weighted by Crippen LogP contribution is 2.28. The number of aromatic nitrogens is 1. The number of pyridine rings is 1. The monoisotopic (exact) mass is 205 g/mol. The summed E-state index contributed by atoms with van der Waals surface area (Å²) in [5, 5.41) is 2.01. The van der Waals surface area contributed by atoms with Crippen molar-refractivity contribution in [1.82, 2.24) is 4.98 Å². The lowest BCUT2D eigenvalue weighted by atomic mass is 10.2. The Labute approximate surface area is 86.4 Å². The van der Waals surface area contributed by atoms with Gasteiger partial charge in [0.15, 0.2) is 0 Å². The highest BCUT2D eigenvalue weighted by Gasteiger charge is 2.06. The number of aryl methyl sites for hydroxylation is 1. The Balaban J connectivity index is 2.57. The van der Waals surface area contributed by atoms with Gasteiger partial charge in [-0.3, -0.25) is 0 Å². The molecule has 0 aliphatic carbocycles. The molecule has 2 heterocycles. The second-order valence-corrected chi connectivity index (χ2v) is 4.02. The van der Waals surface area contributed by atoms with E-state index < -0.39 is 0 Å². The van der Waals surface area contributed by atoms with Gasteiger partial charge < -0.3 is 11.5 Å². The molecular formula is C10H11N3S. The minimum atomic E-state index is 0.574. The van der Waals surface area contributed by atoms with Gasteiger partial charge in [0.1, 0.15) is 0 Å². The summed E-state index contributed by atoms with van der Waals surface area (Å²) in [5.41, 5.74) is 14.3. The number of rotatable bonds is 1. The molecule has 3 nitrogen and oxygen atoms in total. The Morgan fingerprint density at radius 3 is 2.71 bits per heavy atom. The maximum absolute atomic E-state index is 5.77. The van der Waals surface area contributed by atoms with Crippen LogP contribution in [-0.4, -0.2) is 4.98 Å². The van der Waals surface area contributed by atoms with E-state index in [1.807, 2.05) is 30.5 Å². The lowest BCUT2D eigenvalue weighted by Crippen LogP contribution is -2.00. The summed E-state index contributed by atoms with van der Waals surface area (Å²) in [6.45, 7) is 1.86. The molecule has 14 heavy (non-hydrogen) atoms. The van der Waals surface area contributed by atoms with Gasteiger partial charge in [-0.1, -0.05) is 6.07 Å². The Morgan fingerprint density at radius 2 is 2.14 bits per heavy atom. The average molecular weight is 205 g/mol. The van der Waals surface area contributed by atoms with Crippen LogP contribution in [0.3, 0.4) is 0 Å². The fraction of sp³-hybridized carbons (Fsp3) is 0.100. The predicted molar refractivity (Wildman–Crippen MR) is 61.1 cm³/mol. The van der Waals surface area contributed by atoms with E-state index in [9.17, 15) is 0 Å². The van der Waals surface area contributed by atoms with Crippen molar-refractivity contribution in [3.05, 3.63) is 29.3 Å². The molecule has 2 aromatic heterocycles. The van der Waals surface area contributed by atoms with Gasteiger partial charge in [0.2, 0.25) is 0 Å². The molecule has 2 aromatic rings. The normalized spacial score (nSPS) is 10.4. The number of thiophene rings is 1. The molecule has 0 saturated heterocycles. The summed E-state index contributed by atoms with van der Waals surface area (Å²) in [5.74, 6) is 0. The van der Waals surface area contributed by atoms with Crippen molar-refractivity contribution in [2.75, 3.05) is 11.5 Å². The van der Waals surface area contributed by atoms with Gasteiger partial charge in [0, 0.05) is 0 Å². The zero-order chi connectivity index (χ0) is 10.1. The molecule has 72 valence electrons. The zero-order valence-electron chi connectivity index (χ0n) is 7.82. The minimum Gasteiger partial charge on any atom is -0.397 e. The van der Waals surface area contributed by atoms with Crippen LogP contribution in [0.15, 0.2) is 23.6 Å². The van der Waals surface area contributed by atoms with Crippen LogP contribution in [0.25, 0.3) is 10.6 Å². The van der Waals surface area contributed by atoms with E-state index >= 15 is 0 Å². The van der Waals surface area contributed by atoms with Gasteiger partial charge in [-0.15, -0.1) is 11.3 Å². The molecule has 0 spiro atoms. The standard InChI is InChI=1S/C10H11N3S/c1-6-10(12)7(11)5-8(13-6)9-3-2-4-14-9/h2-5H,12H2,1H3,(H2,11,13). The highest BCUT2D eigenvalue weighted by atomic mass is 32.1. The molecule has 0 radical (unpaired) electrons. The number of nitrogens with zero attached hydrogens (tertiary/aromatic N) is 1. The van der Waals surface area contributed by atoms with Crippen LogP contribution in [0.4, 0.5) is 11.4 Å². The molecule has 4 heteroatoms. The van der Waals surface area contributed by atoms with E-state index in [0.29, 0.717) is 11.4 Å². The maximum atomic E-state index is 5.77. The quantitative estimate of drug-likeness (QED) is 0.750. The van der Waals surface area contributed by atoms with Gasteiger partial charge in [-0.2, -0.15) is 0 Å². The first-order valence-electron chi connectivity index (χ1n) is 4.25. The van der Waals surface area contributed by atoms with Crippen LogP contribution in [0, 0.1) is 6.92 Å². The summed E-state index contributed by atoms with van der Waals surface area (Å²) >= 11 is 1.64. The second-order valence-electron chi connectivity index (χ2n) is 3.07. The third kappa shape index (κ3) is 1.44. The molecule has 0 saturated carbocycles. The Bertz CT molecular complexity index is 425. The van der Waals surface area contributed by atoms with Crippen LogP contribution >= 0.6 is 11.3 Å². The third-order valence-electron chi connectivity index (χ3n) is 2.05. The van der Waals surface area contributed by atoms with Crippen molar-refractivity contribution < 1.29 is 0 Å². The second kappa shape index (κ2) is 3.31. The first-order chi connectivity index (χ1) is 6.68. The van der Waals surface area contributed by atoms with Crippen molar-refractivity contribution >= 4 is 22.7 Å². The van der Waals surface area contributed by atoms with E-state index in [-0.39, 0.29) is 0 Å². The number of anilines is 2. The summed E-state index contributed by atoms with van der Waals surface area (Å²) in [6, 6.07) is 5.82. The van der Waals surface area contributed by atoms with E-state index in [1.165, 1.54) is 0 Å². The SMILES string of the molecule is Cc1nc(-c2cccs2)cc(N)c1N. The minimum absolute atomic E-state index is 0.574. The van der Waals surface area contributed by atoms with Crippen molar-refractivity contribution in [2.24, 2.45) is 0 Å². The smallest absolute Gasteiger partial charge is 0.0827 e. The van der Waals surface area contributed by atoms with E-state index in [0.717, 1.165) is 16.3 Å². The summed E-state index contributed by atoms with van der Waals surface area (Å²) in [6.07, 6.45) is 0. The molecule has 0 bridgehead atoms. The van der Waals surface area contributed by atoms with Crippen molar-refractivity contribution in [3.63, 3.8) is 0 Å². The van der Waals surface area contributed by atoms with Gasteiger partial charge >= 0.3 is 0 Å². The Hall–Kier alpha value is -1.55. The molecule has 0 aliphatic rings. The largest absolute Gasteiger partial charge is 0.397 e. The predicted octanol–water partition coefficient (Wildman–Crippen LogP) is 2.28. The van der Waals surface area contributed by atoms with Gasteiger partial charge in [0.25, 0.3) is 0 Å². The zero-order valence-corrected chi connectivity index (χ0v) is 8.64. The van der Waals surface area contributed by atoms with Gasteiger partial charge in [0.05, 0.1) is 27.6 Å². The fourth-order valence-electron chi connectivity index (χ4n) is 1.26. The lowest BCUT2D eigenvalue weighted by molar-refractivity contribution is 1.22. The molecule has 0 atom stereocenters. The molecule has 0 fully saturated rings. The van der Waals surface area contributed by atoms with Crippen LogP contribution in [0.2, 0.25) is 0 Å². The number of nitrogen functional groups attached to an aromatic ring is 2. The Kier molecular flexibility index (Phi) is 2.13. The van der Waals surface area contributed by atoms with Crippen LogP contribution in [0.1, 0.15) is 5.69 Å². The molecular weight excluding hydrogens is 194 g/mol. The van der Waals surface area contributed by atoms with Gasteiger partial charge in [-0.05, 0) is 24.4 Å². The summed E-state index contributed by atoms with van der Waals surface area (Å²) in [4.78, 5) is 5.49. The van der Waals surface area contributed by atoms with Crippen molar-refractivity contribution in [1.29, 1.82) is 0 Å². The van der Waals surface area contributed by atoms with Crippen LogP contribution < -0.4 is 11.5 Å². The lowest BCUT2D eigenvalue weighted by Gasteiger charge is -2.05. The number of nitrogens with two attached hydrogens (primary N) is 2. The molecule has 0 aliphatic heterocycles. The first-order valence-corrected chi connectivity index (χ1v) is 5.13. The topological polar surface area (TPSA) is 64.9 Å². The molecule has 0 amide bonds. The van der Waals surface area contributed by atoms with Gasteiger partial charge in [-0.25, -0.2) is 4.98 Å². The van der Waals surface area contributed by atoms with E-state index in [1.54, 1.807) is 11.3 Å². The summed E-state index contributed by atoms with van der Waals surface area (Å²) in [7, 11) is 0. The maximum Gasteiger partial charge on any atom is 0.0827 e. The highest BCUT2D eigenvalue weighted by molar-refractivity contribution is 7.13. The molecule has 0 aromatic carbocycles. The molecule has 0 unspecified atom stereocenters. The molecule has 4 N–H and O–H groups in total. The van der Waals surface area contributed by atoms with E-state index in [2.05, 4.69) is 4.98 Å².